The molecule has 0 aliphatic heterocycles. The molecule has 0 atom stereocenters. The molecule has 0 spiro atoms. The highest BCUT2D eigenvalue weighted by Crippen LogP contribution is 2.10. The molecule has 0 radical (unpaired) electrons. The lowest BCUT2D eigenvalue weighted by Crippen LogP contribution is -2.16. The van der Waals surface area contributed by atoms with Crippen LogP contribution in [0.1, 0.15) is 11.3 Å². The average Bonchev–Trinajstić information content (AvgIpc) is 2.16. The smallest absolute Gasteiger partial charge is 0.335 e. The summed E-state index contributed by atoms with van der Waals surface area (Å²) < 4.78 is 4.35. The van der Waals surface area contributed by atoms with E-state index in [4.69, 9.17) is 0 Å². The van der Waals surface area contributed by atoms with E-state index in [1.807, 2.05) is 0 Å². The number of aromatic amines is 1. The van der Waals surface area contributed by atoms with Gasteiger partial charge >= 0.3 is 5.69 Å². The van der Waals surface area contributed by atoms with Crippen molar-refractivity contribution in [1.82, 2.24) is 4.98 Å². The number of hydrogen-bond acceptors (Lipinski definition) is 5. The molecule has 0 saturated carbocycles. The summed E-state index contributed by atoms with van der Waals surface area (Å²) in [5, 5.41) is 10.5. The zero-order valence-electron chi connectivity index (χ0n) is 7.85. The van der Waals surface area contributed by atoms with Gasteiger partial charge in [-0.3, -0.25) is 19.7 Å². The molecule has 0 saturated heterocycles. The summed E-state index contributed by atoms with van der Waals surface area (Å²) >= 11 is 0. The second-order valence-electron chi connectivity index (χ2n) is 2.78. The lowest BCUT2D eigenvalue weighted by atomic mass is 10.2. The van der Waals surface area contributed by atoms with Crippen LogP contribution in [0.4, 0.5) is 5.69 Å². The first-order chi connectivity index (χ1) is 7.07. The van der Waals surface area contributed by atoms with E-state index >= 15 is 0 Å². The Bertz CT molecular complexity index is 451. The third-order valence-corrected chi connectivity index (χ3v) is 1.81. The number of carbonyl (C=O) groups excluding carboxylic acids is 1. The van der Waals surface area contributed by atoms with Crippen LogP contribution >= 0.6 is 0 Å². The summed E-state index contributed by atoms with van der Waals surface area (Å²) in [6.45, 7) is 1.31. The lowest BCUT2D eigenvalue weighted by Gasteiger charge is -2.00. The Kier molecular flexibility index (Phi) is 3.17. The number of rotatable bonds is 4. The van der Waals surface area contributed by atoms with E-state index in [9.17, 15) is 19.7 Å². The van der Waals surface area contributed by atoms with Crippen molar-refractivity contribution in [1.29, 1.82) is 0 Å². The number of aryl methyl sites for hydroxylation is 1. The second-order valence-corrected chi connectivity index (χ2v) is 2.78. The standard InChI is InChI=1S/C8H8N2O5/c1-5-7(10(13)14)8(12)6(2-9-5)3-15-4-11/h2,4H,3H2,1H3,(H,9,12). The largest absolute Gasteiger partial charge is 0.463 e. The van der Waals surface area contributed by atoms with Gasteiger partial charge in [-0.05, 0) is 6.92 Å². The summed E-state index contributed by atoms with van der Waals surface area (Å²) in [5.41, 5.74) is -1.06. The summed E-state index contributed by atoms with van der Waals surface area (Å²) in [7, 11) is 0. The van der Waals surface area contributed by atoms with Crippen molar-refractivity contribution < 1.29 is 14.5 Å². The van der Waals surface area contributed by atoms with Crippen LogP contribution in [0, 0.1) is 17.0 Å². The third-order valence-electron chi connectivity index (χ3n) is 1.81. The van der Waals surface area contributed by atoms with Gasteiger partial charge in [0.2, 0.25) is 0 Å². The van der Waals surface area contributed by atoms with Gasteiger partial charge in [-0.15, -0.1) is 0 Å². The highest BCUT2D eigenvalue weighted by Gasteiger charge is 2.19. The summed E-state index contributed by atoms with van der Waals surface area (Å²) in [4.78, 5) is 33.7. The Balaban J connectivity index is 3.22. The molecule has 0 fully saturated rings. The quantitative estimate of drug-likeness (QED) is 0.438. The summed E-state index contributed by atoms with van der Waals surface area (Å²) in [5.74, 6) is 0. The van der Waals surface area contributed by atoms with Gasteiger partial charge < -0.3 is 9.72 Å². The Labute approximate surface area is 83.8 Å². The van der Waals surface area contributed by atoms with Crippen molar-refractivity contribution in [3.8, 4) is 0 Å². The fourth-order valence-corrected chi connectivity index (χ4v) is 1.10. The minimum absolute atomic E-state index is 0.0411. The molecule has 0 aliphatic carbocycles. The van der Waals surface area contributed by atoms with Crippen molar-refractivity contribution in [2.24, 2.45) is 0 Å². The van der Waals surface area contributed by atoms with Crippen molar-refractivity contribution in [3.63, 3.8) is 0 Å². The third kappa shape index (κ3) is 2.19. The molecule has 0 aliphatic rings. The van der Waals surface area contributed by atoms with Gasteiger partial charge in [0.15, 0.2) is 0 Å². The summed E-state index contributed by atoms with van der Waals surface area (Å²) in [6, 6.07) is 0. The summed E-state index contributed by atoms with van der Waals surface area (Å²) in [6.07, 6.45) is 1.29. The first-order valence-electron chi connectivity index (χ1n) is 3.98. The van der Waals surface area contributed by atoms with Crippen LogP contribution in [0.5, 0.6) is 0 Å². The van der Waals surface area contributed by atoms with E-state index in [1.165, 1.54) is 13.1 Å². The zero-order valence-corrected chi connectivity index (χ0v) is 7.85. The molecule has 0 unspecified atom stereocenters. The van der Waals surface area contributed by atoms with E-state index in [-0.39, 0.29) is 24.3 Å². The number of hydrogen-bond donors (Lipinski definition) is 1. The second kappa shape index (κ2) is 4.36. The molecule has 1 heterocycles. The van der Waals surface area contributed by atoms with Gasteiger partial charge in [0.1, 0.15) is 6.61 Å². The van der Waals surface area contributed by atoms with Gasteiger partial charge in [-0.25, -0.2) is 0 Å². The van der Waals surface area contributed by atoms with E-state index in [1.54, 1.807) is 0 Å². The number of aromatic nitrogens is 1. The first-order valence-corrected chi connectivity index (χ1v) is 3.98. The van der Waals surface area contributed by atoms with Crippen molar-refractivity contribution in [2.75, 3.05) is 0 Å². The minimum atomic E-state index is -0.765. The Morgan fingerprint density at radius 3 is 2.87 bits per heavy atom. The first kappa shape index (κ1) is 10.9. The minimum Gasteiger partial charge on any atom is -0.463 e. The fourth-order valence-electron chi connectivity index (χ4n) is 1.10. The highest BCUT2D eigenvalue weighted by atomic mass is 16.6. The topological polar surface area (TPSA) is 102 Å². The van der Waals surface area contributed by atoms with Crippen LogP contribution in [-0.2, 0) is 16.1 Å². The SMILES string of the molecule is Cc1[nH]cc(COC=O)c(=O)c1[N+](=O)[O-]. The van der Waals surface area contributed by atoms with Gasteiger partial charge in [0.05, 0.1) is 16.2 Å². The van der Waals surface area contributed by atoms with E-state index < -0.39 is 16.0 Å². The van der Waals surface area contributed by atoms with Crippen molar-refractivity contribution >= 4 is 12.2 Å². The Morgan fingerprint density at radius 1 is 1.67 bits per heavy atom. The maximum atomic E-state index is 11.5. The van der Waals surface area contributed by atoms with Crippen LogP contribution in [-0.4, -0.2) is 16.4 Å². The number of nitro groups is 1. The molecular weight excluding hydrogens is 204 g/mol. The van der Waals surface area contributed by atoms with Gasteiger partial charge in [-0.1, -0.05) is 0 Å². The van der Waals surface area contributed by atoms with Crippen molar-refractivity contribution in [3.05, 3.63) is 37.8 Å². The van der Waals surface area contributed by atoms with Crippen LogP contribution in [0.25, 0.3) is 0 Å². The molecule has 0 aromatic carbocycles. The molecular formula is C8H8N2O5. The molecule has 0 bridgehead atoms. The number of carbonyl (C=O) groups is 1. The molecule has 80 valence electrons. The number of nitrogens with zero attached hydrogens (tertiary/aromatic N) is 1. The van der Waals surface area contributed by atoms with Crippen LogP contribution < -0.4 is 5.43 Å². The van der Waals surface area contributed by atoms with E-state index in [2.05, 4.69) is 9.72 Å². The van der Waals surface area contributed by atoms with Gasteiger partial charge in [0, 0.05) is 6.20 Å². The predicted octanol–water partition coefficient (Wildman–Crippen LogP) is 0.265. The Morgan fingerprint density at radius 2 is 2.33 bits per heavy atom. The molecule has 1 rings (SSSR count). The molecule has 1 aromatic rings. The van der Waals surface area contributed by atoms with E-state index in [0.29, 0.717) is 0 Å². The monoisotopic (exact) mass is 212 g/mol. The number of ether oxygens (including phenoxy) is 1. The van der Waals surface area contributed by atoms with Crippen LogP contribution in [0.15, 0.2) is 11.0 Å². The van der Waals surface area contributed by atoms with Crippen molar-refractivity contribution in [2.45, 2.75) is 13.5 Å². The lowest BCUT2D eigenvalue weighted by molar-refractivity contribution is -0.386. The number of pyridine rings is 1. The van der Waals surface area contributed by atoms with E-state index in [0.717, 1.165) is 0 Å². The number of nitrogens with one attached hydrogen (secondary N) is 1. The van der Waals surface area contributed by atoms with Crippen LogP contribution in [0.3, 0.4) is 0 Å². The normalized spacial score (nSPS) is 9.67. The zero-order chi connectivity index (χ0) is 11.4. The van der Waals surface area contributed by atoms with Crippen LogP contribution in [0.2, 0.25) is 0 Å². The highest BCUT2D eigenvalue weighted by molar-refractivity contribution is 5.39. The molecule has 15 heavy (non-hydrogen) atoms. The maximum Gasteiger partial charge on any atom is 0.335 e. The van der Waals surface area contributed by atoms with Gasteiger partial charge in [-0.2, -0.15) is 0 Å². The fraction of sp³-hybridized carbons (Fsp3) is 0.250. The average molecular weight is 212 g/mol. The molecule has 1 N–H and O–H groups in total. The van der Waals surface area contributed by atoms with Gasteiger partial charge in [0.25, 0.3) is 11.9 Å². The maximum absolute atomic E-state index is 11.5. The predicted molar refractivity (Wildman–Crippen MR) is 49.3 cm³/mol. The molecule has 0 amide bonds. The molecule has 7 nitrogen and oxygen atoms in total. The molecule has 7 heteroatoms. The Hall–Kier alpha value is -2.18. The number of H-pyrrole nitrogens is 1. The molecule has 1 aromatic heterocycles.